The number of hydrogen-bond acceptors (Lipinski definition) is 4. The molecule has 2 atom stereocenters. The molecule has 0 aromatic carbocycles. The molecule has 5 nitrogen and oxygen atoms in total. The summed E-state index contributed by atoms with van der Waals surface area (Å²) in [5.41, 5.74) is 2.04. The van der Waals surface area contributed by atoms with Gasteiger partial charge < -0.3 is 14.6 Å². The van der Waals surface area contributed by atoms with E-state index < -0.39 is 0 Å². The molecule has 5 heteroatoms. The van der Waals surface area contributed by atoms with Gasteiger partial charge in [0.15, 0.2) is 5.65 Å². The fourth-order valence-corrected chi connectivity index (χ4v) is 3.65. The molecule has 0 aliphatic carbocycles. The van der Waals surface area contributed by atoms with Crippen LogP contribution in [-0.4, -0.2) is 40.3 Å². The Kier molecular flexibility index (Phi) is 4.08. The fraction of sp³-hybridized carbons (Fsp3) is 0.647. The van der Waals surface area contributed by atoms with Crippen LogP contribution in [0.5, 0.6) is 0 Å². The molecular formula is C17H24N4O. The number of nitrogens with zero attached hydrogens (tertiary/aromatic N) is 3. The number of nitrogens with one attached hydrogen (secondary N) is 1. The van der Waals surface area contributed by atoms with Gasteiger partial charge in [0.2, 0.25) is 0 Å². The highest BCUT2D eigenvalue weighted by Gasteiger charge is 2.22. The summed E-state index contributed by atoms with van der Waals surface area (Å²) in [5, 5.41) is 3.45. The van der Waals surface area contributed by atoms with Crippen LogP contribution in [0.3, 0.4) is 0 Å². The van der Waals surface area contributed by atoms with Gasteiger partial charge in [0, 0.05) is 25.8 Å². The van der Waals surface area contributed by atoms with Crippen LogP contribution in [-0.2, 0) is 17.7 Å². The van der Waals surface area contributed by atoms with E-state index in [1.165, 1.54) is 19.3 Å². The first-order valence-electron chi connectivity index (χ1n) is 8.52. The van der Waals surface area contributed by atoms with Crippen LogP contribution in [0, 0.1) is 5.92 Å². The van der Waals surface area contributed by atoms with Gasteiger partial charge in [0.1, 0.15) is 11.3 Å². The molecule has 0 radical (unpaired) electrons. The summed E-state index contributed by atoms with van der Waals surface area (Å²) in [6.45, 7) is 4.15. The van der Waals surface area contributed by atoms with Crippen molar-refractivity contribution in [1.29, 1.82) is 0 Å². The molecule has 2 aliphatic heterocycles. The lowest BCUT2D eigenvalue weighted by molar-refractivity contribution is 0.0151. The van der Waals surface area contributed by atoms with Crippen LogP contribution in [0.1, 0.15) is 31.5 Å². The molecule has 0 amide bonds. The van der Waals surface area contributed by atoms with Gasteiger partial charge in [-0.15, -0.1) is 0 Å². The predicted molar refractivity (Wildman–Crippen MR) is 85.8 cm³/mol. The van der Waals surface area contributed by atoms with Crippen LogP contribution >= 0.6 is 0 Å². The molecule has 2 aromatic heterocycles. The summed E-state index contributed by atoms with van der Waals surface area (Å²) in [7, 11) is 0. The fourth-order valence-electron chi connectivity index (χ4n) is 3.65. The third-order valence-corrected chi connectivity index (χ3v) is 4.87. The molecule has 2 fully saturated rings. The van der Waals surface area contributed by atoms with Gasteiger partial charge in [0.25, 0.3) is 0 Å². The van der Waals surface area contributed by atoms with Crippen molar-refractivity contribution in [3.05, 3.63) is 24.2 Å². The lowest BCUT2D eigenvalue weighted by Gasteiger charge is -2.23. The van der Waals surface area contributed by atoms with Crippen molar-refractivity contribution in [3.63, 3.8) is 0 Å². The normalized spacial score (nSPS) is 25.8. The van der Waals surface area contributed by atoms with Crippen molar-refractivity contribution < 1.29 is 4.74 Å². The summed E-state index contributed by atoms with van der Waals surface area (Å²) in [6, 6.07) is 4.04. The zero-order valence-corrected chi connectivity index (χ0v) is 13.0. The average Bonchev–Trinajstić information content (AvgIpc) is 3.18. The van der Waals surface area contributed by atoms with E-state index in [4.69, 9.17) is 9.72 Å². The topological polar surface area (TPSA) is 52.0 Å². The monoisotopic (exact) mass is 300 g/mol. The molecule has 2 aliphatic rings. The van der Waals surface area contributed by atoms with Gasteiger partial charge in [-0.25, -0.2) is 9.97 Å². The van der Waals surface area contributed by atoms with Crippen molar-refractivity contribution in [1.82, 2.24) is 19.9 Å². The minimum absolute atomic E-state index is 0.325. The van der Waals surface area contributed by atoms with Crippen molar-refractivity contribution >= 4 is 11.2 Å². The zero-order valence-electron chi connectivity index (χ0n) is 13.0. The molecule has 0 bridgehead atoms. The quantitative estimate of drug-likeness (QED) is 0.940. The van der Waals surface area contributed by atoms with E-state index in [1.807, 2.05) is 12.3 Å². The third kappa shape index (κ3) is 2.88. The molecule has 4 heterocycles. The largest absolute Gasteiger partial charge is 0.378 e. The van der Waals surface area contributed by atoms with Crippen LogP contribution < -0.4 is 5.32 Å². The first kappa shape index (κ1) is 14.2. The zero-order chi connectivity index (χ0) is 14.8. The van der Waals surface area contributed by atoms with E-state index in [1.54, 1.807) is 0 Å². The Hall–Kier alpha value is -1.46. The minimum atomic E-state index is 0.325. The lowest BCUT2D eigenvalue weighted by Crippen LogP contribution is -2.24. The van der Waals surface area contributed by atoms with Gasteiger partial charge in [0.05, 0.1) is 6.10 Å². The Balaban J connectivity index is 1.62. The SMILES string of the molecule is c1cnc2c(c1)nc(CC1CCCCO1)n2CC1CCNC1. The van der Waals surface area contributed by atoms with Gasteiger partial charge in [-0.1, -0.05) is 0 Å². The average molecular weight is 300 g/mol. The van der Waals surface area contributed by atoms with Crippen LogP contribution in [0.15, 0.2) is 18.3 Å². The summed E-state index contributed by atoms with van der Waals surface area (Å²) in [5.74, 6) is 1.83. The van der Waals surface area contributed by atoms with Crippen molar-refractivity contribution in [2.45, 2.75) is 44.8 Å². The molecule has 22 heavy (non-hydrogen) atoms. The summed E-state index contributed by atoms with van der Waals surface area (Å²) in [6.07, 6.45) is 7.97. The van der Waals surface area contributed by atoms with E-state index in [2.05, 4.69) is 20.9 Å². The second-order valence-electron chi connectivity index (χ2n) is 6.54. The standard InChI is InChI=1S/C17H24N4O/c1-2-9-22-14(4-1)10-16-20-15-5-3-7-19-17(15)21(16)12-13-6-8-18-11-13/h3,5,7,13-14,18H,1-2,4,6,8-12H2. The maximum atomic E-state index is 5.92. The van der Waals surface area contributed by atoms with E-state index in [9.17, 15) is 0 Å². The van der Waals surface area contributed by atoms with E-state index in [0.717, 1.165) is 56.1 Å². The maximum absolute atomic E-state index is 5.92. The molecule has 1 N–H and O–H groups in total. The maximum Gasteiger partial charge on any atom is 0.159 e. The van der Waals surface area contributed by atoms with E-state index in [-0.39, 0.29) is 0 Å². The summed E-state index contributed by atoms with van der Waals surface area (Å²) >= 11 is 0. The lowest BCUT2D eigenvalue weighted by atomic mass is 10.1. The third-order valence-electron chi connectivity index (χ3n) is 4.87. The smallest absolute Gasteiger partial charge is 0.159 e. The molecule has 118 valence electrons. The number of imidazole rings is 1. The molecule has 4 rings (SSSR count). The van der Waals surface area contributed by atoms with Crippen molar-refractivity contribution in [3.8, 4) is 0 Å². The van der Waals surface area contributed by atoms with Crippen LogP contribution in [0.4, 0.5) is 0 Å². The first-order chi connectivity index (χ1) is 10.9. The van der Waals surface area contributed by atoms with E-state index in [0.29, 0.717) is 12.0 Å². The predicted octanol–water partition coefficient (Wildman–Crippen LogP) is 2.15. The Morgan fingerprint density at radius 2 is 2.32 bits per heavy atom. The highest BCUT2D eigenvalue weighted by atomic mass is 16.5. The Morgan fingerprint density at radius 1 is 1.32 bits per heavy atom. The second-order valence-corrected chi connectivity index (χ2v) is 6.54. The van der Waals surface area contributed by atoms with Gasteiger partial charge in [-0.05, 0) is 56.8 Å². The number of aromatic nitrogens is 3. The first-order valence-corrected chi connectivity index (χ1v) is 8.52. The van der Waals surface area contributed by atoms with Crippen LogP contribution in [0.2, 0.25) is 0 Å². The van der Waals surface area contributed by atoms with Crippen LogP contribution in [0.25, 0.3) is 11.2 Å². The van der Waals surface area contributed by atoms with Crippen molar-refractivity contribution in [2.75, 3.05) is 19.7 Å². The minimum Gasteiger partial charge on any atom is -0.378 e. The summed E-state index contributed by atoms with van der Waals surface area (Å²) in [4.78, 5) is 9.43. The molecule has 2 saturated heterocycles. The molecule has 0 spiro atoms. The van der Waals surface area contributed by atoms with Gasteiger partial charge in [-0.3, -0.25) is 0 Å². The second kappa shape index (κ2) is 6.34. The summed E-state index contributed by atoms with van der Waals surface area (Å²) < 4.78 is 8.26. The Bertz CT molecular complexity index is 627. The van der Waals surface area contributed by atoms with Gasteiger partial charge >= 0.3 is 0 Å². The number of fused-ring (bicyclic) bond motifs is 1. The number of pyridine rings is 1. The van der Waals surface area contributed by atoms with E-state index >= 15 is 0 Å². The Morgan fingerprint density at radius 3 is 3.14 bits per heavy atom. The van der Waals surface area contributed by atoms with Gasteiger partial charge in [-0.2, -0.15) is 0 Å². The number of hydrogen-bond donors (Lipinski definition) is 1. The highest BCUT2D eigenvalue weighted by Crippen LogP contribution is 2.22. The Labute approximate surface area is 131 Å². The number of rotatable bonds is 4. The molecular weight excluding hydrogens is 276 g/mol. The molecule has 2 aromatic rings. The number of ether oxygens (including phenoxy) is 1. The molecule has 2 unspecified atom stereocenters. The molecule has 0 saturated carbocycles. The highest BCUT2D eigenvalue weighted by molar-refractivity contribution is 5.71. The van der Waals surface area contributed by atoms with Crippen molar-refractivity contribution in [2.24, 2.45) is 5.92 Å².